The molecule has 1 aliphatic heterocycles. The first-order chi connectivity index (χ1) is 15.7. The number of benzene rings is 2. The van der Waals surface area contributed by atoms with Gasteiger partial charge in [0.25, 0.3) is 5.91 Å². The highest BCUT2D eigenvalue weighted by Crippen LogP contribution is 2.32. The van der Waals surface area contributed by atoms with E-state index in [4.69, 9.17) is 14.5 Å². The molecule has 5 rings (SSSR count). The van der Waals surface area contributed by atoms with E-state index in [1.54, 1.807) is 7.11 Å². The van der Waals surface area contributed by atoms with E-state index in [0.717, 1.165) is 12.1 Å². The Morgan fingerprint density at radius 1 is 1.06 bits per heavy atom. The number of nitrogens with one attached hydrogen (secondary N) is 1. The summed E-state index contributed by atoms with van der Waals surface area (Å²) in [5, 5.41) is 3.37. The normalized spacial score (nSPS) is 15.7. The quantitative estimate of drug-likeness (QED) is 0.587. The lowest BCUT2D eigenvalue weighted by molar-refractivity contribution is 0.0749. The van der Waals surface area contributed by atoms with Crippen LogP contribution in [-0.2, 0) is 13.2 Å². The molecule has 1 N–H and O–H groups in total. The minimum Gasteiger partial charge on any atom is -0.493 e. The number of imidazole rings is 1. The van der Waals surface area contributed by atoms with Crippen LogP contribution in [0.2, 0.25) is 0 Å². The fourth-order valence-electron chi connectivity index (χ4n) is 4.11. The van der Waals surface area contributed by atoms with Gasteiger partial charge in [0.15, 0.2) is 23.0 Å². The predicted octanol–water partition coefficient (Wildman–Crippen LogP) is 3.80. The zero-order valence-electron chi connectivity index (χ0n) is 18.3. The Kier molecular flexibility index (Phi) is 5.71. The van der Waals surface area contributed by atoms with Gasteiger partial charge in [0.1, 0.15) is 12.4 Å². The average molecular weight is 433 g/mol. The van der Waals surface area contributed by atoms with Crippen molar-refractivity contribution in [1.82, 2.24) is 14.5 Å². The van der Waals surface area contributed by atoms with E-state index in [0.29, 0.717) is 54.4 Å². The molecular weight excluding hydrogens is 404 g/mol. The van der Waals surface area contributed by atoms with Crippen LogP contribution in [0.15, 0.2) is 54.6 Å². The lowest BCUT2D eigenvalue weighted by atomic mass is 10.2. The second-order valence-electron chi connectivity index (χ2n) is 8.36. The summed E-state index contributed by atoms with van der Waals surface area (Å²) in [5.41, 5.74) is 1.72. The summed E-state index contributed by atoms with van der Waals surface area (Å²) in [6.45, 7) is 3.00. The molecule has 0 saturated heterocycles. The molecule has 0 unspecified atom stereocenters. The Bertz CT molecular complexity index is 1090. The monoisotopic (exact) mass is 432 g/mol. The van der Waals surface area contributed by atoms with Gasteiger partial charge in [-0.1, -0.05) is 42.5 Å². The van der Waals surface area contributed by atoms with Gasteiger partial charge in [-0.25, -0.2) is 4.98 Å². The van der Waals surface area contributed by atoms with Crippen molar-refractivity contribution in [3.05, 3.63) is 71.7 Å². The molecule has 2 aliphatic rings. The number of amides is 1. The third-order valence-corrected chi connectivity index (χ3v) is 6.00. The van der Waals surface area contributed by atoms with Crippen molar-refractivity contribution >= 4 is 11.7 Å². The number of hydrogen-bond acceptors (Lipinski definition) is 5. The summed E-state index contributed by atoms with van der Waals surface area (Å²) in [5.74, 6) is 3.35. The third kappa shape index (κ3) is 4.28. The second-order valence-corrected chi connectivity index (χ2v) is 8.36. The minimum atomic E-state index is 0.0453. The van der Waals surface area contributed by atoms with E-state index in [2.05, 4.69) is 17.4 Å². The molecule has 0 atom stereocenters. The molecule has 1 aliphatic carbocycles. The lowest BCUT2D eigenvalue weighted by Crippen LogP contribution is -2.35. The van der Waals surface area contributed by atoms with Crippen LogP contribution in [0.5, 0.6) is 11.5 Å². The number of carbonyl (C=O) groups excluding carboxylic acids is 1. The maximum Gasteiger partial charge on any atom is 0.274 e. The van der Waals surface area contributed by atoms with Gasteiger partial charge >= 0.3 is 0 Å². The molecule has 32 heavy (non-hydrogen) atoms. The molecule has 0 radical (unpaired) electrons. The number of ether oxygens (including phenoxy) is 2. The third-order valence-electron chi connectivity index (χ3n) is 6.00. The van der Waals surface area contributed by atoms with Crippen molar-refractivity contribution in [2.45, 2.75) is 26.0 Å². The minimum absolute atomic E-state index is 0.0453. The van der Waals surface area contributed by atoms with E-state index in [9.17, 15) is 4.79 Å². The highest BCUT2D eigenvalue weighted by atomic mass is 16.5. The maximum absolute atomic E-state index is 13.6. The number of fused-ring (bicyclic) bond motifs is 1. The molecule has 0 spiro atoms. The smallest absolute Gasteiger partial charge is 0.274 e. The number of aromatic nitrogens is 2. The van der Waals surface area contributed by atoms with E-state index in [1.165, 1.54) is 12.8 Å². The second kappa shape index (κ2) is 8.94. The van der Waals surface area contributed by atoms with Gasteiger partial charge < -0.3 is 24.3 Å². The van der Waals surface area contributed by atoms with Crippen molar-refractivity contribution in [3.63, 3.8) is 0 Å². The summed E-state index contributed by atoms with van der Waals surface area (Å²) in [7, 11) is 1.62. The molecule has 1 fully saturated rings. The van der Waals surface area contributed by atoms with Crippen LogP contribution in [-0.4, -0.2) is 47.1 Å². The van der Waals surface area contributed by atoms with Crippen molar-refractivity contribution < 1.29 is 14.3 Å². The number of carbonyl (C=O) groups is 1. The van der Waals surface area contributed by atoms with E-state index >= 15 is 0 Å². The number of methoxy groups -OCH3 is 1. The van der Waals surface area contributed by atoms with Crippen LogP contribution in [0.1, 0.15) is 34.7 Å². The van der Waals surface area contributed by atoms with Gasteiger partial charge in [-0.3, -0.25) is 4.79 Å². The fourth-order valence-corrected chi connectivity index (χ4v) is 4.11. The predicted molar refractivity (Wildman–Crippen MR) is 122 cm³/mol. The molecule has 0 bridgehead atoms. The largest absolute Gasteiger partial charge is 0.493 e. The molecule has 2 aromatic carbocycles. The van der Waals surface area contributed by atoms with Crippen molar-refractivity contribution in [3.8, 4) is 11.5 Å². The first-order valence-corrected chi connectivity index (χ1v) is 11.1. The standard InChI is InChI=1S/C25H28N4O3/c1-31-20-9-5-6-10-21(20)32-17-22-27-24-23(29(22)16-18-7-3-2-4-8-18)25(30)28(14-13-26-24)15-19-11-12-19/h2-10,19,26H,11-17H2,1H3. The van der Waals surface area contributed by atoms with Gasteiger partial charge in [-0.05, 0) is 36.5 Å². The van der Waals surface area contributed by atoms with Crippen LogP contribution in [0.25, 0.3) is 0 Å². The Labute approximate surface area is 188 Å². The highest BCUT2D eigenvalue weighted by molar-refractivity contribution is 5.98. The maximum atomic E-state index is 13.6. The first kappa shape index (κ1) is 20.4. The SMILES string of the molecule is COc1ccccc1OCc1nc2c(n1Cc1ccccc1)C(=O)N(CC1CC1)CCN2. The van der Waals surface area contributed by atoms with Gasteiger partial charge in [0, 0.05) is 26.2 Å². The summed E-state index contributed by atoms with van der Waals surface area (Å²) >= 11 is 0. The first-order valence-electron chi connectivity index (χ1n) is 11.1. The van der Waals surface area contributed by atoms with Gasteiger partial charge in [-0.2, -0.15) is 0 Å². The summed E-state index contributed by atoms with van der Waals surface area (Å²) in [6.07, 6.45) is 2.43. The fraction of sp³-hybridized carbons (Fsp3) is 0.360. The number of nitrogens with zero attached hydrogens (tertiary/aromatic N) is 3. The molecular formula is C25H28N4O3. The number of para-hydroxylation sites is 2. The van der Waals surface area contributed by atoms with Crippen LogP contribution in [0.4, 0.5) is 5.82 Å². The van der Waals surface area contributed by atoms with Crippen LogP contribution in [0, 0.1) is 5.92 Å². The van der Waals surface area contributed by atoms with Crippen LogP contribution >= 0.6 is 0 Å². The average Bonchev–Trinajstić information content (AvgIpc) is 3.60. The van der Waals surface area contributed by atoms with Gasteiger partial charge in [-0.15, -0.1) is 0 Å². The highest BCUT2D eigenvalue weighted by Gasteiger charge is 2.33. The van der Waals surface area contributed by atoms with Crippen LogP contribution < -0.4 is 14.8 Å². The van der Waals surface area contributed by atoms with E-state index in [1.807, 2.05) is 51.9 Å². The Balaban J connectivity index is 1.48. The Morgan fingerprint density at radius 2 is 1.81 bits per heavy atom. The van der Waals surface area contributed by atoms with Crippen molar-refractivity contribution in [1.29, 1.82) is 0 Å². The van der Waals surface area contributed by atoms with E-state index in [-0.39, 0.29) is 12.5 Å². The number of anilines is 1. The molecule has 1 saturated carbocycles. The van der Waals surface area contributed by atoms with Gasteiger partial charge in [0.05, 0.1) is 7.11 Å². The number of rotatable bonds is 8. The molecule has 1 amide bonds. The van der Waals surface area contributed by atoms with Crippen molar-refractivity contribution in [2.75, 3.05) is 32.1 Å². The Hall–Kier alpha value is -3.48. The number of hydrogen-bond donors (Lipinski definition) is 1. The molecule has 1 aromatic heterocycles. The Morgan fingerprint density at radius 3 is 2.56 bits per heavy atom. The van der Waals surface area contributed by atoms with Crippen LogP contribution in [0.3, 0.4) is 0 Å². The molecule has 7 heteroatoms. The zero-order valence-corrected chi connectivity index (χ0v) is 18.3. The topological polar surface area (TPSA) is 68.6 Å². The summed E-state index contributed by atoms with van der Waals surface area (Å²) in [4.78, 5) is 20.3. The molecule has 3 aromatic rings. The summed E-state index contributed by atoms with van der Waals surface area (Å²) < 4.78 is 13.5. The lowest BCUT2D eigenvalue weighted by Gasteiger charge is -2.21. The molecule has 2 heterocycles. The van der Waals surface area contributed by atoms with Gasteiger partial charge in [0.2, 0.25) is 0 Å². The van der Waals surface area contributed by atoms with Crippen molar-refractivity contribution in [2.24, 2.45) is 5.92 Å². The molecule has 7 nitrogen and oxygen atoms in total. The molecule has 166 valence electrons. The van der Waals surface area contributed by atoms with E-state index < -0.39 is 0 Å². The summed E-state index contributed by atoms with van der Waals surface area (Å²) in [6, 6.07) is 17.7. The zero-order chi connectivity index (χ0) is 21.9.